The van der Waals surface area contributed by atoms with E-state index in [4.69, 9.17) is 18.9 Å². The second kappa shape index (κ2) is 4.41. The number of esters is 3. The molecule has 0 aromatic carbocycles. The van der Waals surface area contributed by atoms with Crippen LogP contribution >= 0.6 is 0 Å². The lowest BCUT2D eigenvalue weighted by molar-refractivity contribution is -0.206. The zero-order valence-electron chi connectivity index (χ0n) is 16.3. The first-order chi connectivity index (χ1) is 13.0. The monoisotopic (exact) mass is 392 g/mol. The zero-order chi connectivity index (χ0) is 20.0. The highest BCUT2D eigenvalue weighted by atomic mass is 16.7. The molecule has 0 aromatic heterocycles. The van der Waals surface area contributed by atoms with E-state index in [-0.39, 0.29) is 17.3 Å². The smallest absolute Gasteiger partial charge is 0.340 e. The van der Waals surface area contributed by atoms with Crippen LogP contribution in [0.4, 0.5) is 0 Å². The molecule has 1 N–H and O–H groups in total. The van der Waals surface area contributed by atoms with Crippen LogP contribution in [-0.4, -0.2) is 53.2 Å². The van der Waals surface area contributed by atoms with E-state index in [0.717, 1.165) is 0 Å². The van der Waals surface area contributed by atoms with E-state index in [2.05, 4.69) is 20.8 Å². The summed E-state index contributed by atoms with van der Waals surface area (Å²) in [5, 5.41) is 11.2. The van der Waals surface area contributed by atoms with Crippen molar-refractivity contribution >= 4 is 17.9 Å². The third-order valence-electron chi connectivity index (χ3n) is 8.76. The largest absolute Gasteiger partial charge is 0.462 e. The third-order valence-corrected chi connectivity index (χ3v) is 8.76. The molecule has 152 valence electrons. The fourth-order valence-corrected chi connectivity index (χ4v) is 8.09. The van der Waals surface area contributed by atoms with E-state index in [1.54, 1.807) is 6.92 Å². The maximum atomic E-state index is 13.3. The van der Waals surface area contributed by atoms with Crippen LogP contribution in [0, 0.1) is 34.0 Å². The van der Waals surface area contributed by atoms with Gasteiger partial charge in [0, 0.05) is 5.92 Å². The minimum atomic E-state index is -1.43. The van der Waals surface area contributed by atoms with Gasteiger partial charge in [-0.05, 0) is 24.2 Å². The molecule has 0 amide bonds. The van der Waals surface area contributed by atoms with Gasteiger partial charge in [-0.15, -0.1) is 0 Å². The van der Waals surface area contributed by atoms with E-state index in [0.29, 0.717) is 12.8 Å². The van der Waals surface area contributed by atoms with Crippen LogP contribution in [0.2, 0.25) is 0 Å². The molecule has 8 nitrogen and oxygen atoms in total. The van der Waals surface area contributed by atoms with Crippen LogP contribution < -0.4 is 0 Å². The maximum absolute atomic E-state index is 13.3. The predicted octanol–water partition coefficient (Wildman–Crippen LogP) is 0.545. The topological polar surface area (TPSA) is 108 Å². The first kappa shape index (κ1) is 17.2. The molecule has 4 heterocycles. The molecular weight excluding hydrogens is 368 g/mol. The van der Waals surface area contributed by atoms with Gasteiger partial charge in [0.1, 0.15) is 12.2 Å². The van der Waals surface area contributed by atoms with E-state index in [1.165, 1.54) is 0 Å². The maximum Gasteiger partial charge on any atom is 0.340 e. The molecule has 2 aliphatic carbocycles. The van der Waals surface area contributed by atoms with Crippen LogP contribution in [0.15, 0.2) is 0 Å². The SMILES string of the molecule is C[C@H]1C(=O)O[C@@H]2C[C@@]34[C@H]5C[C@@H](C(C)(C)C)[C@]36[C@@H](OC(=O)[C@@H]6O)O[C@@]4(C(=O)O5)[C@H]21. The summed E-state index contributed by atoms with van der Waals surface area (Å²) in [6, 6.07) is 0. The second-order valence-corrected chi connectivity index (χ2v) is 10.5. The molecule has 0 radical (unpaired) electrons. The standard InChI is InChI=1S/C20H24O8/c1-7-11-8(25-13(7)22)6-18-10-5-9(17(2,3)4)19(18)12(21)14(23)27-16(19)28-20(11,18)15(24)26-10/h7-12,16,21H,5-6H2,1-4H3/t7-,8-,9+,10-,11+,12+,16+,18-,19+,20-/m1/s1. The summed E-state index contributed by atoms with van der Waals surface area (Å²) in [6.07, 6.45) is -2.58. The normalized spacial score (nSPS) is 58.2. The summed E-state index contributed by atoms with van der Waals surface area (Å²) in [7, 11) is 0. The van der Waals surface area contributed by atoms with Gasteiger partial charge in [0.25, 0.3) is 0 Å². The molecule has 0 unspecified atom stereocenters. The summed E-state index contributed by atoms with van der Waals surface area (Å²) in [6.45, 7) is 7.90. The van der Waals surface area contributed by atoms with Gasteiger partial charge in [-0.3, -0.25) is 4.79 Å². The number of hydrogen-bond acceptors (Lipinski definition) is 8. The molecule has 0 aromatic rings. The Hall–Kier alpha value is -1.67. The Labute approximate surface area is 161 Å². The molecule has 28 heavy (non-hydrogen) atoms. The van der Waals surface area contributed by atoms with Crippen LogP contribution in [0.1, 0.15) is 40.5 Å². The van der Waals surface area contributed by atoms with Gasteiger partial charge in [-0.1, -0.05) is 27.7 Å². The molecule has 4 aliphatic heterocycles. The third kappa shape index (κ3) is 1.32. The Morgan fingerprint density at radius 2 is 1.79 bits per heavy atom. The molecular formula is C20H24O8. The number of hydrogen-bond donors (Lipinski definition) is 1. The van der Waals surface area contributed by atoms with Crippen molar-refractivity contribution in [1.82, 2.24) is 0 Å². The van der Waals surface area contributed by atoms with Crippen molar-refractivity contribution in [2.45, 2.75) is 70.7 Å². The number of aliphatic hydroxyl groups excluding tert-OH is 1. The predicted molar refractivity (Wildman–Crippen MR) is 89.2 cm³/mol. The van der Waals surface area contributed by atoms with Crippen molar-refractivity contribution in [1.29, 1.82) is 0 Å². The summed E-state index contributed by atoms with van der Waals surface area (Å²) >= 11 is 0. The Kier molecular flexibility index (Phi) is 2.71. The fourth-order valence-electron chi connectivity index (χ4n) is 8.09. The Morgan fingerprint density at radius 3 is 2.46 bits per heavy atom. The zero-order valence-corrected chi connectivity index (χ0v) is 16.3. The average Bonchev–Trinajstić information content (AvgIpc) is 3.30. The minimum Gasteiger partial charge on any atom is -0.462 e. The fraction of sp³-hybridized carbons (Fsp3) is 0.850. The van der Waals surface area contributed by atoms with Crippen LogP contribution in [0.25, 0.3) is 0 Å². The molecule has 10 atom stereocenters. The minimum absolute atomic E-state index is 0.170. The van der Waals surface area contributed by atoms with Gasteiger partial charge in [0.15, 0.2) is 11.7 Å². The lowest BCUT2D eigenvalue weighted by atomic mass is 9.52. The second-order valence-electron chi connectivity index (χ2n) is 10.5. The quantitative estimate of drug-likeness (QED) is 0.470. The lowest BCUT2D eigenvalue weighted by Crippen LogP contribution is -2.59. The van der Waals surface area contributed by atoms with Crippen molar-refractivity contribution in [2.75, 3.05) is 0 Å². The highest BCUT2D eigenvalue weighted by Crippen LogP contribution is 2.83. The summed E-state index contributed by atoms with van der Waals surface area (Å²) in [4.78, 5) is 38.0. The summed E-state index contributed by atoms with van der Waals surface area (Å²) in [5.41, 5.74) is -3.77. The first-order valence-corrected chi connectivity index (χ1v) is 10.0. The number of ether oxygens (including phenoxy) is 4. The van der Waals surface area contributed by atoms with E-state index < -0.39 is 64.8 Å². The molecule has 4 saturated heterocycles. The van der Waals surface area contributed by atoms with Crippen molar-refractivity contribution in [3.05, 3.63) is 0 Å². The van der Waals surface area contributed by atoms with E-state index in [1.807, 2.05) is 0 Å². The van der Waals surface area contributed by atoms with Gasteiger partial charge in [0.05, 0.1) is 16.7 Å². The van der Waals surface area contributed by atoms with Crippen molar-refractivity contribution < 1.29 is 38.4 Å². The Balaban J connectivity index is 1.65. The highest BCUT2D eigenvalue weighted by Gasteiger charge is 2.97. The molecule has 6 rings (SSSR count). The van der Waals surface area contributed by atoms with E-state index in [9.17, 15) is 19.5 Å². The molecule has 2 spiro atoms. The Bertz CT molecular complexity index is 846. The van der Waals surface area contributed by atoms with Crippen molar-refractivity contribution in [3.63, 3.8) is 0 Å². The molecule has 0 bridgehead atoms. The first-order valence-electron chi connectivity index (χ1n) is 10.0. The lowest BCUT2D eigenvalue weighted by Gasteiger charge is -2.46. The Morgan fingerprint density at radius 1 is 1.07 bits per heavy atom. The van der Waals surface area contributed by atoms with Crippen molar-refractivity contribution in [2.24, 2.45) is 34.0 Å². The van der Waals surface area contributed by atoms with Gasteiger partial charge in [-0.25, -0.2) is 9.59 Å². The molecule has 2 saturated carbocycles. The number of fused-ring (bicyclic) bond motifs is 1. The van der Waals surface area contributed by atoms with Gasteiger partial charge < -0.3 is 24.1 Å². The molecule has 8 heteroatoms. The van der Waals surface area contributed by atoms with Gasteiger partial charge in [-0.2, -0.15) is 0 Å². The molecule has 6 fully saturated rings. The van der Waals surface area contributed by atoms with Crippen LogP contribution in [0.3, 0.4) is 0 Å². The van der Waals surface area contributed by atoms with Crippen LogP contribution in [-0.2, 0) is 33.3 Å². The number of carbonyl (C=O) groups excluding carboxylic acids is 3. The number of aliphatic hydroxyl groups is 1. The van der Waals surface area contributed by atoms with Crippen LogP contribution in [0.5, 0.6) is 0 Å². The highest BCUT2D eigenvalue weighted by molar-refractivity contribution is 5.91. The average molecular weight is 392 g/mol. The summed E-state index contributed by atoms with van der Waals surface area (Å²) < 4.78 is 23.3. The number of rotatable bonds is 0. The van der Waals surface area contributed by atoms with Crippen molar-refractivity contribution in [3.8, 4) is 0 Å². The number of carbonyl (C=O) groups is 3. The molecule has 6 aliphatic rings. The van der Waals surface area contributed by atoms with Gasteiger partial charge in [0.2, 0.25) is 6.29 Å². The summed E-state index contributed by atoms with van der Waals surface area (Å²) in [5.74, 6) is -2.80. The van der Waals surface area contributed by atoms with E-state index >= 15 is 0 Å². The van der Waals surface area contributed by atoms with Gasteiger partial charge >= 0.3 is 17.9 Å².